The SMILES string of the molecule is CC(C)(C)OC(=O)CCC1CCN(C2CCC3(CC2)C(=O)Nc2ccccc23)CC1. The molecule has 1 N–H and O–H groups in total. The highest BCUT2D eigenvalue weighted by Gasteiger charge is 2.49. The fourth-order valence-electron chi connectivity index (χ4n) is 5.65. The van der Waals surface area contributed by atoms with Gasteiger partial charge in [-0.25, -0.2) is 0 Å². The van der Waals surface area contributed by atoms with Crippen LogP contribution in [0.25, 0.3) is 0 Å². The van der Waals surface area contributed by atoms with Crippen LogP contribution in [0.2, 0.25) is 0 Å². The van der Waals surface area contributed by atoms with E-state index in [1.807, 2.05) is 32.9 Å². The predicted molar refractivity (Wildman–Crippen MR) is 118 cm³/mol. The smallest absolute Gasteiger partial charge is 0.306 e. The molecule has 1 aliphatic carbocycles. The zero-order valence-corrected chi connectivity index (χ0v) is 18.7. The molecule has 0 bridgehead atoms. The monoisotopic (exact) mass is 412 g/mol. The van der Waals surface area contributed by atoms with Crippen LogP contribution in [0, 0.1) is 5.92 Å². The van der Waals surface area contributed by atoms with Gasteiger partial charge >= 0.3 is 5.97 Å². The van der Waals surface area contributed by atoms with Gasteiger partial charge in [0.15, 0.2) is 0 Å². The molecule has 1 aromatic rings. The Labute approximate surface area is 180 Å². The van der Waals surface area contributed by atoms with Crippen molar-refractivity contribution in [3.05, 3.63) is 29.8 Å². The Balaban J connectivity index is 1.25. The second-order valence-electron chi connectivity index (χ2n) is 10.4. The standard InChI is InChI=1S/C25H36N2O3/c1-24(2,3)30-22(28)9-8-18-12-16-27(17-13-18)19-10-14-25(15-11-19)20-6-4-5-7-21(20)26-23(25)29/h4-7,18-19H,8-17H2,1-3H3,(H,26,29). The molecule has 2 heterocycles. The minimum atomic E-state index is -0.393. The number of para-hydroxylation sites is 1. The maximum Gasteiger partial charge on any atom is 0.306 e. The Morgan fingerprint density at radius 3 is 2.47 bits per heavy atom. The molecule has 5 heteroatoms. The Hall–Kier alpha value is -1.88. The van der Waals surface area contributed by atoms with Gasteiger partial charge in [-0.15, -0.1) is 0 Å². The number of rotatable bonds is 4. The summed E-state index contributed by atoms with van der Waals surface area (Å²) in [6.07, 6.45) is 7.85. The molecular weight excluding hydrogens is 376 g/mol. The summed E-state index contributed by atoms with van der Waals surface area (Å²) in [7, 11) is 0. The van der Waals surface area contributed by atoms with Gasteiger partial charge < -0.3 is 15.0 Å². The highest BCUT2D eigenvalue weighted by Crippen LogP contribution is 2.48. The van der Waals surface area contributed by atoms with Crippen LogP contribution in [0.4, 0.5) is 5.69 Å². The van der Waals surface area contributed by atoms with Crippen molar-refractivity contribution >= 4 is 17.6 Å². The molecule has 0 atom stereocenters. The number of benzene rings is 1. The van der Waals surface area contributed by atoms with E-state index in [-0.39, 0.29) is 17.3 Å². The van der Waals surface area contributed by atoms with Crippen LogP contribution >= 0.6 is 0 Å². The number of piperidine rings is 1. The van der Waals surface area contributed by atoms with E-state index in [1.54, 1.807) is 0 Å². The van der Waals surface area contributed by atoms with Gasteiger partial charge in [0.2, 0.25) is 5.91 Å². The predicted octanol–water partition coefficient (Wildman–Crippen LogP) is 4.65. The van der Waals surface area contributed by atoms with Crippen molar-refractivity contribution in [2.75, 3.05) is 18.4 Å². The number of nitrogens with zero attached hydrogens (tertiary/aromatic N) is 1. The Morgan fingerprint density at radius 1 is 1.13 bits per heavy atom. The summed E-state index contributed by atoms with van der Waals surface area (Å²) in [4.78, 5) is 27.4. The molecule has 1 amide bonds. The van der Waals surface area contributed by atoms with E-state index in [0.717, 1.165) is 63.7 Å². The van der Waals surface area contributed by atoms with E-state index in [1.165, 1.54) is 5.56 Å². The number of carbonyl (C=O) groups is 2. The molecule has 5 nitrogen and oxygen atoms in total. The highest BCUT2D eigenvalue weighted by molar-refractivity contribution is 6.06. The summed E-state index contributed by atoms with van der Waals surface area (Å²) in [5, 5.41) is 3.10. The van der Waals surface area contributed by atoms with E-state index in [4.69, 9.17) is 4.74 Å². The average molecular weight is 413 g/mol. The summed E-state index contributed by atoms with van der Waals surface area (Å²) >= 11 is 0. The first kappa shape index (κ1) is 21.4. The Kier molecular flexibility index (Phi) is 5.93. The summed E-state index contributed by atoms with van der Waals surface area (Å²) < 4.78 is 5.44. The van der Waals surface area contributed by atoms with E-state index in [9.17, 15) is 9.59 Å². The van der Waals surface area contributed by atoms with Gasteiger partial charge in [0, 0.05) is 18.2 Å². The van der Waals surface area contributed by atoms with Crippen molar-refractivity contribution in [3.63, 3.8) is 0 Å². The van der Waals surface area contributed by atoms with E-state index in [0.29, 0.717) is 18.4 Å². The molecule has 2 aliphatic heterocycles. The van der Waals surface area contributed by atoms with Gasteiger partial charge in [-0.1, -0.05) is 18.2 Å². The Bertz CT molecular complexity index is 782. The molecule has 1 saturated carbocycles. The number of carbonyl (C=O) groups excluding carboxylic acids is 2. The average Bonchev–Trinajstić information content (AvgIpc) is 2.98. The molecule has 1 spiro atoms. The zero-order valence-electron chi connectivity index (χ0n) is 18.7. The third-order valence-electron chi connectivity index (χ3n) is 7.28. The number of hydrogen-bond acceptors (Lipinski definition) is 4. The zero-order chi connectivity index (χ0) is 21.4. The molecule has 30 heavy (non-hydrogen) atoms. The van der Waals surface area contributed by atoms with Crippen molar-refractivity contribution in [1.29, 1.82) is 0 Å². The molecule has 1 aromatic carbocycles. The van der Waals surface area contributed by atoms with Crippen molar-refractivity contribution in [2.45, 2.75) is 89.2 Å². The summed E-state index contributed by atoms with van der Waals surface area (Å²) in [5.74, 6) is 0.747. The van der Waals surface area contributed by atoms with Gasteiger partial charge in [0.25, 0.3) is 0 Å². The van der Waals surface area contributed by atoms with Gasteiger partial charge in [-0.2, -0.15) is 0 Å². The molecule has 4 rings (SSSR count). The van der Waals surface area contributed by atoms with Crippen molar-refractivity contribution in [2.24, 2.45) is 5.92 Å². The second kappa shape index (κ2) is 8.33. The number of nitrogens with one attached hydrogen (secondary N) is 1. The quantitative estimate of drug-likeness (QED) is 0.731. The van der Waals surface area contributed by atoms with Crippen LogP contribution in [0.15, 0.2) is 24.3 Å². The first-order valence-electron chi connectivity index (χ1n) is 11.6. The lowest BCUT2D eigenvalue weighted by Gasteiger charge is -2.43. The van der Waals surface area contributed by atoms with Crippen molar-refractivity contribution in [3.8, 4) is 0 Å². The molecule has 164 valence electrons. The lowest BCUT2D eigenvalue weighted by atomic mass is 9.68. The number of likely N-dealkylation sites (tertiary alicyclic amines) is 1. The number of amides is 1. The molecular formula is C25H36N2O3. The van der Waals surface area contributed by atoms with Crippen LogP contribution in [0.3, 0.4) is 0 Å². The van der Waals surface area contributed by atoms with Gasteiger partial charge in [0.1, 0.15) is 5.60 Å². The van der Waals surface area contributed by atoms with Crippen LogP contribution in [-0.4, -0.2) is 41.5 Å². The van der Waals surface area contributed by atoms with E-state index < -0.39 is 5.60 Å². The van der Waals surface area contributed by atoms with Crippen LogP contribution in [0.5, 0.6) is 0 Å². The second-order valence-corrected chi connectivity index (χ2v) is 10.4. The fourth-order valence-corrected chi connectivity index (χ4v) is 5.65. The van der Waals surface area contributed by atoms with Crippen molar-refractivity contribution in [1.82, 2.24) is 4.90 Å². The van der Waals surface area contributed by atoms with Crippen LogP contribution in [0.1, 0.15) is 77.7 Å². The molecule has 2 fully saturated rings. The lowest BCUT2D eigenvalue weighted by molar-refractivity contribution is -0.155. The van der Waals surface area contributed by atoms with E-state index in [2.05, 4.69) is 22.3 Å². The molecule has 0 unspecified atom stereocenters. The first-order chi connectivity index (χ1) is 14.3. The number of ether oxygens (including phenoxy) is 1. The van der Waals surface area contributed by atoms with Crippen LogP contribution in [-0.2, 0) is 19.7 Å². The molecule has 1 saturated heterocycles. The lowest BCUT2D eigenvalue weighted by Crippen LogP contribution is -2.47. The van der Waals surface area contributed by atoms with Gasteiger partial charge in [-0.05, 0) is 96.4 Å². The third kappa shape index (κ3) is 4.41. The number of esters is 1. The normalized spacial score (nSPS) is 27.7. The fraction of sp³-hybridized carbons (Fsp3) is 0.680. The Morgan fingerprint density at radius 2 is 1.80 bits per heavy atom. The summed E-state index contributed by atoms with van der Waals surface area (Å²) in [6.45, 7) is 7.99. The number of anilines is 1. The van der Waals surface area contributed by atoms with Gasteiger partial charge in [-0.3, -0.25) is 9.59 Å². The maximum absolute atomic E-state index is 12.8. The summed E-state index contributed by atoms with van der Waals surface area (Å²) in [6, 6.07) is 8.79. The van der Waals surface area contributed by atoms with E-state index >= 15 is 0 Å². The minimum Gasteiger partial charge on any atom is -0.460 e. The first-order valence-corrected chi connectivity index (χ1v) is 11.6. The van der Waals surface area contributed by atoms with Crippen molar-refractivity contribution < 1.29 is 14.3 Å². The topological polar surface area (TPSA) is 58.6 Å². The third-order valence-corrected chi connectivity index (χ3v) is 7.28. The number of hydrogen-bond donors (Lipinski definition) is 1. The number of fused-ring (bicyclic) bond motifs is 2. The molecule has 3 aliphatic rings. The van der Waals surface area contributed by atoms with Crippen LogP contribution < -0.4 is 5.32 Å². The summed E-state index contributed by atoms with van der Waals surface area (Å²) in [5.41, 5.74) is 1.51. The minimum absolute atomic E-state index is 0.0716. The van der Waals surface area contributed by atoms with Gasteiger partial charge in [0.05, 0.1) is 5.41 Å². The maximum atomic E-state index is 12.8. The largest absolute Gasteiger partial charge is 0.460 e. The highest BCUT2D eigenvalue weighted by atomic mass is 16.6. The molecule has 0 radical (unpaired) electrons. The molecule has 0 aromatic heterocycles.